The molecule has 2 aliphatic heterocycles. The van der Waals surface area contributed by atoms with Crippen LogP contribution in [-0.4, -0.2) is 55.8 Å². The summed E-state index contributed by atoms with van der Waals surface area (Å²) < 4.78 is 29.6. The van der Waals surface area contributed by atoms with Gasteiger partial charge in [-0.15, -0.1) is 4.40 Å². The molecule has 2 fully saturated rings. The van der Waals surface area contributed by atoms with Crippen LogP contribution in [0.2, 0.25) is 0 Å². The third-order valence-electron chi connectivity index (χ3n) is 6.55. The number of anilines is 1. The molecule has 6 nitrogen and oxygen atoms in total. The van der Waals surface area contributed by atoms with E-state index in [-0.39, 0.29) is 4.90 Å². The van der Waals surface area contributed by atoms with E-state index in [2.05, 4.69) is 49.8 Å². The fourth-order valence-electron chi connectivity index (χ4n) is 4.77. The molecule has 1 aliphatic carbocycles. The van der Waals surface area contributed by atoms with E-state index in [0.29, 0.717) is 30.2 Å². The van der Waals surface area contributed by atoms with Crippen molar-refractivity contribution >= 4 is 21.5 Å². The van der Waals surface area contributed by atoms with Crippen molar-refractivity contribution in [2.24, 2.45) is 4.40 Å². The molecule has 0 aromatic heterocycles. The minimum atomic E-state index is -3.65. The Hall–Kier alpha value is -2.22. The summed E-state index contributed by atoms with van der Waals surface area (Å²) in [6.45, 7) is 5.61. The van der Waals surface area contributed by atoms with Gasteiger partial charge in [0.15, 0.2) is 0 Å². The van der Waals surface area contributed by atoms with Gasteiger partial charge >= 0.3 is 0 Å². The molecule has 1 N–H and O–H groups in total. The molecule has 2 aromatic rings. The third-order valence-corrected chi connectivity index (χ3v) is 7.90. The lowest BCUT2D eigenvalue weighted by Gasteiger charge is -2.39. The zero-order chi connectivity index (χ0) is 21.4. The highest BCUT2D eigenvalue weighted by atomic mass is 32.2. The van der Waals surface area contributed by atoms with Crippen LogP contribution in [0, 0.1) is 6.92 Å². The monoisotopic (exact) mass is 438 g/mol. The molecule has 5 rings (SSSR count). The highest BCUT2D eigenvalue weighted by Gasteiger charge is 2.37. The molecule has 1 saturated carbocycles. The summed E-state index contributed by atoms with van der Waals surface area (Å²) in [5.74, 6) is 0.551. The van der Waals surface area contributed by atoms with Crippen molar-refractivity contribution in [1.82, 2.24) is 9.80 Å². The molecule has 3 aliphatic rings. The lowest BCUT2D eigenvalue weighted by Crippen LogP contribution is -2.48. The van der Waals surface area contributed by atoms with Crippen LogP contribution in [0.1, 0.15) is 36.8 Å². The first-order valence-corrected chi connectivity index (χ1v) is 12.7. The van der Waals surface area contributed by atoms with Gasteiger partial charge in [-0.05, 0) is 69.0 Å². The van der Waals surface area contributed by atoms with E-state index in [1.54, 1.807) is 6.07 Å². The zero-order valence-electron chi connectivity index (χ0n) is 18.0. The van der Waals surface area contributed by atoms with Gasteiger partial charge in [0, 0.05) is 18.6 Å². The fourth-order valence-corrected chi connectivity index (χ4v) is 6.00. The summed E-state index contributed by atoms with van der Waals surface area (Å²) >= 11 is 0. The van der Waals surface area contributed by atoms with Gasteiger partial charge in [-0.3, -0.25) is 9.80 Å². The van der Waals surface area contributed by atoms with Crippen molar-refractivity contribution < 1.29 is 8.42 Å². The second-order valence-corrected chi connectivity index (χ2v) is 10.6. The van der Waals surface area contributed by atoms with Gasteiger partial charge in [0.2, 0.25) is 0 Å². The maximum absolute atomic E-state index is 12.7. The smallest absolute Gasteiger partial charge is 0.286 e. The average molecular weight is 439 g/mol. The Balaban J connectivity index is 1.25. The lowest BCUT2D eigenvalue weighted by atomic mass is 10.0. The van der Waals surface area contributed by atoms with E-state index in [9.17, 15) is 8.42 Å². The Labute approximate surface area is 185 Å². The second-order valence-electron chi connectivity index (χ2n) is 9.03. The molecule has 31 heavy (non-hydrogen) atoms. The number of likely N-dealkylation sites (tertiary alicyclic amines) is 1. The number of hydrogen-bond donors (Lipinski definition) is 1. The van der Waals surface area contributed by atoms with Gasteiger partial charge < -0.3 is 5.32 Å². The molecule has 0 bridgehead atoms. The van der Waals surface area contributed by atoms with Crippen LogP contribution in [0.25, 0.3) is 0 Å². The van der Waals surface area contributed by atoms with E-state index in [1.807, 2.05) is 19.1 Å². The van der Waals surface area contributed by atoms with E-state index in [4.69, 9.17) is 0 Å². The summed E-state index contributed by atoms with van der Waals surface area (Å²) in [6, 6.07) is 17.1. The van der Waals surface area contributed by atoms with Gasteiger partial charge in [0.1, 0.15) is 10.7 Å². The zero-order valence-corrected chi connectivity index (χ0v) is 18.8. The first kappa shape index (κ1) is 20.7. The minimum Gasteiger partial charge on any atom is -0.341 e. The number of rotatable bonds is 6. The second kappa shape index (κ2) is 8.37. The predicted molar refractivity (Wildman–Crippen MR) is 124 cm³/mol. The van der Waals surface area contributed by atoms with E-state index < -0.39 is 10.0 Å². The summed E-state index contributed by atoms with van der Waals surface area (Å²) in [6.07, 6.45) is 4.61. The summed E-state index contributed by atoms with van der Waals surface area (Å²) in [4.78, 5) is 5.31. The van der Waals surface area contributed by atoms with Crippen molar-refractivity contribution in [3.63, 3.8) is 0 Å². The molecule has 2 aromatic carbocycles. The van der Waals surface area contributed by atoms with Gasteiger partial charge in [-0.1, -0.05) is 36.4 Å². The third kappa shape index (κ3) is 4.68. The molecule has 0 spiro atoms. The van der Waals surface area contributed by atoms with Gasteiger partial charge in [-0.25, -0.2) is 0 Å². The van der Waals surface area contributed by atoms with Crippen molar-refractivity contribution in [3.05, 3.63) is 59.7 Å². The number of piperidine rings is 1. The number of amidine groups is 1. The van der Waals surface area contributed by atoms with Crippen molar-refractivity contribution in [3.8, 4) is 0 Å². The summed E-state index contributed by atoms with van der Waals surface area (Å²) in [7, 11) is -3.65. The number of aryl methyl sites for hydroxylation is 1. The Morgan fingerprint density at radius 1 is 1.03 bits per heavy atom. The normalized spacial score (nSPS) is 21.4. The molecule has 0 radical (unpaired) electrons. The Morgan fingerprint density at radius 2 is 1.74 bits per heavy atom. The highest BCUT2D eigenvalue weighted by Crippen LogP contribution is 2.33. The molecular weight excluding hydrogens is 408 g/mol. The molecule has 7 heteroatoms. The average Bonchev–Trinajstić information content (AvgIpc) is 3.59. The SMILES string of the molecule is Cc1ccc2c(c1)S(=O)(=O)N=C(CN(C1CC1)C1CCN(Cc3ccccc3)CC1)N2. The van der Waals surface area contributed by atoms with Gasteiger partial charge in [0.05, 0.1) is 12.2 Å². The Morgan fingerprint density at radius 3 is 2.45 bits per heavy atom. The number of nitrogens with one attached hydrogen (secondary N) is 1. The van der Waals surface area contributed by atoms with Gasteiger partial charge in [-0.2, -0.15) is 8.42 Å². The van der Waals surface area contributed by atoms with Crippen LogP contribution in [0.15, 0.2) is 57.8 Å². The van der Waals surface area contributed by atoms with Crippen LogP contribution in [0.4, 0.5) is 5.69 Å². The van der Waals surface area contributed by atoms with Gasteiger partial charge in [0.25, 0.3) is 10.0 Å². The first-order valence-electron chi connectivity index (χ1n) is 11.2. The molecule has 0 unspecified atom stereocenters. The Bertz CT molecular complexity index is 1070. The van der Waals surface area contributed by atoms with Crippen molar-refractivity contribution in [2.45, 2.75) is 56.1 Å². The standard InChI is InChI=1S/C24H30N4O2S/c1-18-7-10-22-23(15-18)31(29,30)26-24(25-22)17-28(20-8-9-20)21-11-13-27(14-12-21)16-19-5-3-2-4-6-19/h2-7,10,15,20-21H,8-9,11-14,16-17H2,1H3,(H,25,26). The van der Waals surface area contributed by atoms with Crippen LogP contribution in [0.5, 0.6) is 0 Å². The number of hydrogen-bond acceptors (Lipinski definition) is 5. The topological polar surface area (TPSA) is 65.0 Å². The fraction of sp³-hybridized carbons (Fsp3) is 0.458. The Kier molecular flexibility index (Phi) is 5.58. The van der Waals surface area contributed by atoms with E-state index in [1.165, 1.54) is 18.4 Å². The quantitative estimate of drug-likeness (QED) is 0.746. The van der Waals surface area contributed by atoms with Crippen molar-refractivity contribution in [1.29, 1.82) is 0 Å². The van der Waals surface area contributed by atoms with Crippen LogP contribution >= 0.6 is 0 Å². The van der Waals surface area contributed by atoms with Crippen LogP contribution < -0.4 is 5.32 Å². The molecule has 164 valence electrons. The van der Waals surface area contributed by atoms with E-state index in [0.717, 1.165) is 38.0 Å². The van der Waals surface area contributed by atoms with Crippen LogP contribution in [0.3, 0.4) is 0 Å². The van der Waals surface area contributed by atoms with Crippen LogP contribution in [-0.2, 0) is 16.6 Å². The molecular formula is C24H30N4O2S. The largest absolute Gasteiger partial charge is 0.341 e. The minimum absolute atomic E-state index is 0.281. The lowest BCUT2D eigenvalue weighted by molar-refractivity contribution is 0.111. The number of benzene rings is 2. The maximum atomic E-state index is 12.7. The highest BCUT2D eigenvalue weighted by molar-refractivity contribution is 7.90. The molecule has 1 saturated heterocycles. The molecule has 2 heterocycles. The summed E-state index contributed by atoms with van der Waals surface area (Å²) in [5, 5.41) is 3.29. The maximum Gasteiger partial charge on any atom is 0.286 e. The summed E-state index contributed by atoms with van der Waals surface area (Å²) in [5.41, 5.74) is 2.92. The number of sulfonamides is 1. The predicted octanol–water partition coefficient (Wildman–Crippen LogP) is 3.64. The number of fused-ring (bicyclic) bond motifs is 1. The number of nitrogens with zero attached hydrogens (tertiary/aromatic N) is 3. The van der Waals surface area contributed by atoms with E-state index >= 15 is 0 Å². The molecule has 0 atom stereocenters. The van der Waals surface area contributed by atoms with Crippen molar-refractivity contribution in [2.75, 3.05) is 25.0 Å². The first-order chi connectivity index (χ1) is 15.0. The molecule has 0 amide bonds.